The molecule has 0 saturated heterocycles. The van der Waals surface area contributed by atoms with E-state index < -0.39 is 29.6 Å². The number of ether oxygens (including phenoxy) is 1. The number of amides is 1. The number of rotatable bonds is 8. The van der Waals surface area contributed by atoms with E-state index in [1.54, 1.807) is 23.6 Å². The molecule has 0 aliphatic carbocycles. The van der Waals surface area contributed by atoms with Crippen molar-refractivity contribution in [2.24, 2.45) is 0 Å². The number of carbonyl (C=O) groups excluding carboxylic acids is 1. The third-order valence-corrected chi connectivity index (χ3v) is 5.91. The van der Waals surface area contributed by atoms with Crippen molar-refractivity contribution in [2.75, 3.05) is 11.1 Å². The van der Waals surface area contributed by atoms with Crippen molar-refractivity contribution in [1.29, 1.82) is 0 Å². The Morgan fingerprint density at radius 3 is 2.47 bits per heavy atom. The van der Waals surface area contributed by atoms with Gasteiger partial charge < -0.3 is 10.1 Å². The zero-order valence-corrected chi connectivity index (χ0v) is 19.7. The van der Waals surface area contributed by atoms with Gasteiger partial charge in [-0.25, -0.2) is 4.39 Å². The second-order valence-electron chi connectivity index (χ2n) is 7.62. The number of thioether (sulfide) groups is 1. The van der Waals surface area contributed by atoms with Crippen molar-refractivity contribution in [3.8, 4) is 11.4 Å². The predicted octanol–water partition coefficient (Wildman–Crippen LogP) is 6.30. The monoisotopic (exact) mass is 516 g/mol. The highest BCUT2D eigenvalue weighted by Gasteiger charge is 2.30. The summed E-state index contributed by atoms with van der Waals surface area (Å²) < 4.78 is 60.4. The zero-order valence-electron chi connectivity index (χ0n) is 18.9. The van der Waals surface area contributed by atoms with E-state index in [1.807, 2.05) is 30.3 Å². The van der Waals surface area contributed by atoms with Gasteiger partial charge >= 0.3 is 6.18 Å². The molecule has 0 radical (unpaired) electrons. The number of hydrogen-bond donors (Lipinski definition) is 1. The molecule has 186 valence electrons. The molecule has 11 heteroatoms. The topological polar surface area (TPSA) is 69.0 Å². The van der Waals surface area contributed by atoms with Gasteiger partial charge in [-0.15, -0.1) is 10.2 Å². The molecule has 1 unspecified atom stereocenters. The molecule has 36 heavy (non-hydrogen) atoms. The number of nitrogens with one attached hydrogen (secondary N) is 1. The second kappa shape index (κ2) is 10.8. The number of halogens is 4. The molecule has 1 aromatic heterocycles. The van der Waals surface area contributed by atoms with E-state index in [0.29, 0.717) is 16.7 Å². The second-order valence-corrected chi connectivity index (χ2v) is 8.56. The Labute approximate surface area is 208 Å². The van der Waals surface area contributed by atoms with Crippen LogP contribution in [0.5, 0.6) is 5.75 Å². The number of aromatic nitrogens is 3. The number of benzene rings is 3. The first-order valence-electron chi connectivity index (χ1n) is 10.7. The maximum atomic E-state index is 14.1. The molecule has 4 aromatic rings. The summed E-state index contributed by atoms with van der Waals surface area (Å²) in [6.07, 6.45) is -5.21. The Balaban J connectivity index is 1.52. The molecular formula is C25H20F4N4O2S. The summed E-state index contributed by atoms with van der Waals surface area (Å²) in [4.78, 5) is 12.5. The molecule has 0 saturated carbocycles. The summed E-state index contributed by atoms with van der Waals surface area (Å²) in [7, 11) is 0. The summed E-state index contributed by atoms with van der Waals surface area (Å²) in [5.41, 5.74) is -0.125. The quantitative estimate of drug-likeness (QED) is 0.220. The number of carbonyl (C=O) groups is 1. The molecule has 0 spiro atoms. The Kier molecular flexibility index (Phi) is 7.58. The Hall–Kier alpha value is -3.86. The molecule has 0 aliphatic rings. The Morgan fingerprint density at radius 1 is 1.03 bits per heavy atom. The van der Waals surface area contributed by atoms with E-state index in [2.05, 4.69) is 15.5 Å². The average molecular weight is 517 g/mol. The summed E-state index contributed by atoms with van der Waals surface area (Å²) in [5, 5.41) is 11.2. The van der Waals surface area contributed by atoms with Crippen LogP contribution in [0.2, 0.25) is 0 Å². The van der Waals surface area contributed by atoms with Gasteiger partial charge in [0.25, 0.3) is 0 Å². The lowest BCUT2D eigenvalue weighted by Gasteiger charge is -2.17. The van der Waals surface area contributed by atoms with Crippen molar-refractivity contribution >= 4 is 23.4 Å². The van der Waals surface area contributed by atoms with Gasteiger partial charge in [0, 0.05) is 11.4 Å². The first-order valence-corrected chi connectivity index (χ1v) is 11.7. The molecule has 1 heterocycles. The zero-order chi connectivity index (χ0) is 25.7. The van der Waals surface area contributed by atoms with Crippen LogP contribution in [0, 0.1) is 5.82 Å². The van der Waals surface area contributed by atoms with Gasteiger partial charge in [-0.05, 0) is 49.4 Å². The van der Waals surface area contributed by atoms with Gasteiger partial charge in [0.05, 0.1) is 11.3 Å². The van der Waals surface area contributed by atoms with Gasteiger partial charge in [0.2, 0.25) is 5.91 Å². The summed E-state index contributed by atoms with van der Waals surface area (Å²) in [6, 6.07) is 19.5. The Bertz CT molecular complexity index is 1350. The molecule has 3 aromatic carbocycles. The van der Waals surface area contributed by atoms with Crippen LogP contribution in [-0.4, -0.2) is 26.4 Å². The smallest absolute Gasteiger partial charge is 0.416 e. The largest absolute Gasteiger partial charge is 0.480 e. The van der Waals surface area contributed by atoms with Crippen molar-refractivity contribution < 1.29 is 27.1 Å². The minimum atomic E-state index is -4.51. The molecule has 4 rings (SSSR count). The fourth-order valence-electron chi connectivity index (χ4n) is 3.34. The van der Waals surface area contributed by atoms with E-state index in [1.165, 1.54) is 24.3 Å². The molecule has 6 nitrogen and oxygen atoms in total. The van der Waals surface area contributed by atoms with Crippen molar-refractivity contribution in [3.05, 3.63) is 96.1 Å². The average Bonchev–Trinajstić information content (AvgIpc) is 3.28. The summed E-state index contributed by atoms with van der Waals surface area (Å²) >= 11 is 1.05. The molecule has 0 fully saturated rings. The van der Waals surface area contributed by atoms with Crippen LogP contribution < -0.4 is 10.1 Å². The molecule has 1 N–H and O–H groups in total. The van der Waals surface area contributed by atoms with Crippen molar-refractivity contribution in [3.63, 3.8) is 0 Å². The molecule has 1 amide bonds. The van der Waals surface area contributed by atoms with Crippen LogP contribution in [0.4, 0.5) is 23.2 Å². The first-order chi connectivity index (χ1) is 17.2. The van der Waals surface area contributed by atoms with Gasteiger partial charge in [0.1, 0.15) is 0 Å². The van der Waals surface area contributed by atoms with Crippen LogP contribution in [0.1, 0.15) is 24.4 Å². The highest BCUT2D eigenvalue weighted by atomic mass is 32.2. The number of para-hydroxylation sites is 2. The molecule has 1 atom stereocenters. The lowest BCUT2D eigenvalue weighted by molar-refractivity contribution is -0.137. The van der Waals surface area contributed by atoms with Gasteiger partial charge in [-0.3, -0.25) is 9.36 Å². The SMILES string of the molecule is CC(Oc1ccccc1F)c1nnc(SCC(=O)Nc2cccc(C(F)(F)F)c2)n1-c1ccccc1. The summed E-state index contributed by atoms with van der Waals surface area (Å²) in [6.45, 7) is 1.70. The maximum Gasteiger partial charge on any atom is 0.416 e. The third kappa shape index (κ3) is 6.03. The molecular weight excluding hydrogens is 496 g/mol. The van der Waals surface area contributed by atoms with Crippen LogP contribution in [-0.2, 0) is 11.0 Å². The van der Waals surface area contributed by atoms with Crippen LogP contribution in [0.3, 0.4) is 0 Å². The number of hydrogen-bond acceptors (Lipinski definition) is 5. The van der Waals surface area contributed by atoms with Crippen LogP contribution in [0.25, 0.3) is 5.69 Å². The minimum Gasteiger partial charge on any atom is -0.480 e. The lowest BCUT2D eigenvalue weighted by Crippen LogP contribution is -2.16. The third-order valence-electron chi connectivity index (χ3n) is 4.98. The highest BCUT2D eigenvalue weighted by Crippen LogP contribution is 2.31. The standard InChI is InChI=1S/C25H20F4N4O2S/c1-16(35-21-13-6-5-12-20(21)26)23-31-32-24(33(23)19-10-3-2-4-11-19)36-15-22(34)30-18-9-7-8-17(14-18)25(27,28)29/h2-14,16H,15H2,1H3,(H,30,34). The van der Waals surface area contributed by atoms with E-state index in [4.69, 9.17) is 4.74 Å². The molecule has 0 bridgehead atoms. The van der Waals surface area contributed by atoms with Gasteiger partial charge in [-0.2, -0.15) is 13.2 Å². The lowest BCUT2D eigenvalue weighted by atomic mass is 10.2. The predicted molar refractivity (Wildman–Crippen MR) is 128 cm³/mol. The fourth-order valence-corrected chi connectivity index (χ4v) is 4.10. The van der Waals surface area contributed by atoms with Gasteiger partial charge in [-0.1, -0.05) is 48.2 Å². The maximum absolute atomic E-state index is 14.1. The van der Waals surface area contributed by atoms with E-state index in [9.17, 15) is 22.4 Å². The number of anilines is 1. The number of alkyl halides is 3. The van der Waals surface area contributed by atoms with E-state index in [0.717, 1.165) is 23.9 Å². The van der Waals surface area contributed by atoms with E-state index in [-0.39, 0.29) is 17.2 Å². The van der Waals surface area contributed by atoms with E-state index >= 15 is 0 Å². The summed E-state index contributed by atoms with van der Waals surface area (Å²) in [5.74, 6) is -0.730. The Morgan fingerprint density at radius 2 is 1.75 bits per heavy atom. The first kappa shape index (κ1) is 25.2. The number of nitrogens with zero attached hydrogens (tertiary/aromatic N) is 3. The van der Waals surface area contributed by atoms with Crippen LogP contribution >= 0.6 is 11.8 Å². The minimum absolute atomic E-state index is 0.0348. The van der Waals surface area contributed by atoms with Crippen molar-refractivity contribution in [1.82, 2.24) is 14.8 Å². The normalized spacial score (nSPS) is 12.2. The van der Waals surface area contributed by atoms with Crippen LogP contribution in [0.15, 0.2) is 84.0 Å². The van der Waals surface area contributed by atoms with Crippen molar-refractivity contribution in [2.45, 2.75) is 24.4 Å². The van der Waals surface area contributed by atoms with Gasteiger partial charge in [0.15, 0.2) is 28.7 Å². The highest BCUT2D eigenvalue weighted by molar-refractivity contribution is 7.99. The fraction of sp³-hybridized carbons (Fsp3) is 0.160. The molecule has 0 aliphatic heterocycles.